The summed E-state index contributed by atoms with van der Waals surface area (Å²) in [5.41, 5.74) is 4.87. The zero-order valence-electron chi connectivity index (χ0n) is 25.1. The summed E-state index contributed by atoms with van der Waals surface area (Å²) in [6.07, 6.45) is 2.16. The van der Waals surface area contributed by atoms with E-state index in [1.165, 1.54) is 9.21 Å². The van der Waals surface area contributed by atoms with E-state index >= 15 is 0 Å². The van der Waals surface area contributed by atoms with Gasteiger partial charge < -0.3 is 10.2 Å². The van der Waals surface area contributed by atoms with Gasteiger partial charge in [0.15, 0.2) is 0 Å². The fourth-order valence-corrected chi connectivity index (χ4v) is 6.21. The van der Waals surface area contributed by atoms with Crippen LogP contribution in [0.4, 0.5) is 5.69 Å². The lowest BCUT2D eigenvalue weighted by atomic mass is 10.1. The van der Waals surface area contributed by atoms with Crippen molar-refractivity contribution < 1.29 is 18.0 Å². The van der Waals surface area contributed by atoms with Crippen LogP contribution in [0.15, 0.2) is 71.6 Å². The predicted octanol–water partition coefficient (Wildman–Crippen LogP) is 5.84. The van der Waals surface area contributed by atoms with Gasteiger partial charge in [0, 0.05) is 13.1 Å². The van der Waals surface area contributed by atoms with Crippen molar-refractivity contribution in [3.8, 4) is 0 Å². The third kappa shape index (κ3) is 7.97. The van der Waals surface area contributed by atoms with Gasteiger partial charge in [-0.15, -0.1) is 0 Å². The minimum atomic E-state index is -4.10. The highest BCUT2D eigenvalue weighted by molar-refractivity contribution is 7.92. The van der Waals surface area contributed by atoms with Crippen LogP contribution in [0.25, 0.3) is 0 Å². The largest absolute Gasteiger partial charge is 0.354 e. The quantitative estimate of drug-likeness (QED) is 0.259. The zero-order chi connectivity index (χ0) is 30.2. The monoisotopic (exact) mass is 577 g/mol. The van der Waals surface area contributed by atoms with Gasteiger partial charge in [0.2, 0.25) is 11.8 Å². The Morgan fingerprint density at radius 1 is 0.854 bits per heavy atom. The Balaban J connectivity index is 2.09. The molecule has 8 heteroatoms. The number of rotatable bonds is 13. The van der Waals surface area contributed by atoms with Crippen molar-refractivity contribution in [3.05, 3.63) is 94.5 Å². The van der Waals surface area contributed by atoms with Crippen LogP contribution in [-0.2, 0) is 26.2 Å². The Hall–Kier alpha value is -3.65. The second-order valence-corrected chi connectivity index (χ2v) is 12.5. The van der Waals surface area contributed by atoms with E-state index in [-0.39, 0.29) is 17.3 Å². The lowest BCUT2D eigenvalue weighted by Crippen LogP contribution is -2.52. The maximum atomic E-state index is 14.2. The molecule has 0 saturated carbocycles. The molecule has 0 fully saturated rings. The average Bonchev–Trinajstić information content (AvgIpc) is 2.94. The van der Waals surface area contributed by atoms with Crippen LogP contribution < -0.4 is 9.62 Å². The smallest absolute Gasteiger partial charge is 0.264 e. The number of nitrogens with one attached hydrogen (secondary N) is 1. The summed E-state index contributed by atoms with van der Waals surface area (Å²) in [5.74, 6) is -0.676. The first-order valence-corrected chi connectivity index (χ1v) is 15.7. The van der Waals surface area contributed by atoms with Crippen molar-refractivity contribution in [2.75, 3.05) is 17.4 Å². The molecule has 0 aromatic heterocycles. The van der Waals surface area contributed by atoms with Crippen molar-refractivity contribution in [1.82, 2.24) is 10.2 Å². The van der Waals surface area contributed by atoms with Gasteiger partial charge in [0.05, 0.1) is 10.6 Å². The van der Waals surface area contributed by atoms with E-state index in [2.05, 4.69) is 5.32 Å². The van der Waals surface area contributed by atoms with Gasteiger partial charge >= 0.3 is 0 Å². The maximum Gasteiger partial charge on any atom is 0.264 e. The molecule has 3 aromatic carbocycles. The summed E-state index contributed by atoms with van der Waals surface area (Å²) in [7, 11) is -4.10. The number of hydrogen-bond donors (Lipinski definition) is 1. The zero-order valence-corrected chi connectivity index (χ0v) is 25.9. The molecular formula is C33H43N3O4S. The molecule has 0 unspecified atom stereocenters. The molecule has 0 bridgehead atoms. The number of sulfonamides is 1. The molecule has 0 aliphatic heterocycles. The van der Waals surface area contributed by atoms with Gasteiger partial charge in [-0.25, -0.2) is 8.42 Å². The van der Waals surface area contributed by atoms with Crippen molar-refractivity contribution in [1.29, 1.82) is 0 Å². The average molecular weight is 578 g/mol. The summed E-state index contributed by atoms with van der Waals surface area (Å²) in [6.45, 7) is 11.8. The third-order valence-corrected chi connectivity index (χ3v) is 9.11. The van der Waals surface area contributed by atoms with Gasteiger partial charge in [-0.1, -0.05) is 74.4 Å². The highest BCUT2D eigenvalue weighted by atomic mass is 32.2. The first-order chi connectivity index (χ1) is 19.5. The molecule has 1 atom stereocenters. The standard InChI is InChI=1S/C33H43N3O4S/c1-7-9-20-34-33(38)30(8-2)35(22-28-13-11-10-12-26(28)5)32(37)23-36(31-21-25(4)14-17-27(31)6)41(39,40)29-18-15-24(3)16-19-29/h10-19,21,30H,7-9,20,22-23H2,1-6H3,(H,34,38)/t30-/m1/s1. The summed E-state index contributed by atoms with van der Waals surface area (Å²) in [5, 5.41) is 2.97. The van der Waals surface area contributed by atoms with Crippen molar-refractivity contribution in [2.45, 2.75) is 78.3 Å². The van der Waals surface area contributed by atoms with E-state index in [4.69, 9.17) is 0 Å². The number of amides is 2. The number of hydrogen-bond acceptors (Lipinski definition) is 4. The summed E-state index contributed by atoms with van der Waals surface area (Å²) in [4.78, 5) is 29.2. The first-order valence-electron chi connectivity index (χ1n) is 14.3. The van der Waals surface area contributed by atoms with Gasteiger partial charge in [-0.05, 0) is 81.0 Å². The molecule has 0 aliphatic rings. The SMILES string of the molecule is CCCCNC(=O)[C@@H](CC)N(Cc1ccccc1C)C(=O)CN(c1cc(C)ccc1C)S(=O)(=O)c1ccc(C)cc1. The second kappa shape index (κ2) is 14.3. The molecule has 1 N–H and O–H groups in total. The minimum absolute atomic E-state index is 0.103. The van der Waals surface area contributed by atoms with Gasteiger partial charge in [0.1, 0.15) is 12.6 Å². The van der Waals surface area contributed by atoms with Crippen LogP contribution in [0.2, 0.25) is 0 Å². The first kappa shape index (κ1) is 31.9. The number of nitrogens with zero attached hydrogens (tertiary/aromatic N) is 2. The van der Waals surface area contributed by atoms with Crippen molar-refractivity contribution in [3.63, 3.8) is 0 Å². The molecule has 41 heavy (non-hydrogen) atoms. The fourth-order valence-electron chi connectivity index (χ4n) is 4.74. The summed E-state index contributed by atoms with van der Waals surface area (Å²) >= 11 is 0. The molecule has 3 rings (SSSR count). The summed E-state index contributed by atoms with van der Waals surface area (Å²) in [6, 6.07) is 19.1. The van der Waals surface area contributed by atoms with E-state index in [0.29, 0.717) is 18.7 Å². The van der Waals surface area contributed by atoms with Gasteiger partial charge in [-0.3, -0.25) is 13.9 Å². The Bertz CT molecular complexity index is 1450. The second-order valence-electron chi connectivity index (χ2n) is 10.6. The van der Waals surface area contributed by atoms with Gasteiger partial charge in [0.25, 0.3) is 10.0 Å². The molecule has 2 amide bonds. The van der Waals surface area contributed by atoms with Crippen LogP contribution in [-0.4, -0.2) is 44.3 Å². The molecule has 0 spiro atoms. The Morgan fingerprint density at radius 2 is 1.51 bits per heavy atom. The predicted molar refractivity (Wildman–Crippen MR) is 165 cm³/mol. The third-order valence-electron chi connectivity index (χ3n) is 7.34. The normalized spacial score (nSPS) is 12.0. The van der Waals surface area contributed by atoms with Crippen LogP contribution in [0.3, 0.4) is 0 Å². The Kier molecular flexibility index (Phi) is 11.1. The van der Waals surface area contributed by atoms with Crippen LogP contribution in [0.5, 0.6) is 0 Å². The number of anilines is 1. The molecule has 3 aromatic rings. The number of benzene rings is 3. The van der Waals surface area contributed by atoms with Gasteiger partial charge in [-0.2, -0.15) is 0 Å². The number of unbranched alkanes of at least 4 members (excludes halogenated alkanes) is 1. The molecule has 0 radical (unpaired) electrons. The van der Waals surface area contributed by atoms with E-state index in [0.717, 1.165) is 40.7 Å². The van der Waals surface area contributed by atoms with E-state index in [9.17, 15) is 18.0 Å². The van der Waals surface area contributed by atoms with E-state index in [1.54, 1.807) is 30.3 Å². The summed E-state index contributed by atoms with van der Waals surface area (Å²) < 4.78 is 29.4. The van der Waals surface area contributed by atoms with Crippen LogP contribution in [0, 0.1) is 27.7 Å². The van der Waals surface area contributed by atoms with Crippen LogP contribution in [0.1, 0.15) is 60.9 Å². The van der Waals surface area contributed by atoms with E-state index in [1.807, 2.05) is 77.9 Å². The van der Waals surface area contributed by atoms with E-state index < -0.39 is 28.5 Å². The minimum Gasteiger partial charge on any atom is -0.354 e. The number of carbonyl (C=O) groups is 2. The molecule has 0 heterocycles. The molecule has 0 saturated heterocycles. The Morgan fingerprint density at radius 3 is 2.15 bits per heavy atom. The molecule has 0 aliphatic carbocycles. The molecular weight excluding hydrogens is 534 g/mol. The lowest BCUT2D eigenvalue weighted by Gasteiger charge is -2.34. The number of aryl methyl sites for hydroxylation is 4. The fraction of sp³-hybridized carbons (Fsp3) is 0.394. The molecule has 7 nitrogen and oxygen atoms in total. The maximum absolute atomic E-state index is 14.2. The Labute approximate surface area is 245 Å². The van der Waals surface area contributed by atoms with Crippen LogP contribution >= 0.6 is 0 Å². The lowest BCUT2D eigenvalue weighted by molar-refractivity contribution is -0.140. The number of carbonyl (C=O) groups excluding carboxylic acids is 2. The highest BCUT2D eigenvalue weighted by Crippen LogP contribution is 2.29. The topological polar surface area (TPSA) is 86.8 Å². The van der Waals surface area contributed by atoms with Crippen molar-refractivity contribution in [2.24, 2.45) is 0 Å². The molecule has 220 valence electrons. The van der Waals surface area contributed by atoms with Crippen molar-refractivity contribution >= 4 is 27.5 Å². The highest BCUT2D eigenvalue weighted by Gasteiger charge is 2.34.